The number of carbonyl (C=O) groups excluding carboxylic acids is 1. The van der Waals surface area contributed by atoms with Crippen molar-refractivity contribution in [2.75, 3.05) is 7.11 Å². The van der Waals surface area contributed by atoms with E-state index in [9.17, 15) is 14.3 Å². The molecule has 0 saturated carbocycles. The quantitative estimate of drug-likeness (QED) is 0.634. The van der Waals surface area contributed by atoms with Crippen LogP contribution in [0.25, 0.3) is 10.9 Å². The fourth-order valence-electron chi connectivity index (χ4n) is 2.55. The van der Waals surface area contributed by atoms with E-state index in [0.717, 1.165) is 0 Å². The van der Waals surface area contributed by atoms with Gasteiger partial charge in [-0.05, 0) is 50.2 Å². The molecule has 1 aromatic heterocycles. The lowest BCUT2D eigenvalue weighted by Gasteiger charge is -2.13. The number of halogens is 1. The van der Waals surface area contributed by atoms with Gasteiger partial charge in [0.15, 0.2) is 17.2 Å². The Morgan fingerprint density at radius 1 is 1.19 bits per heavy atom. The molecule has 3 rings (SSSR count). The van der Waals surface area contributed by atoms with E-state index in [4.69, 9.17) is 9.47 Å². The number of nitrogens with zero attached hydrogens (tertiary/aromatic N) is 2. The average molecular weight is 371 g/mol. The van der Waals surface area contributed by atoms with Crippen LogP contribution in [0.1, 0.15) is 24.2 Å². The number of amides is 1. The number of hydrogen-bond donors (Lipinski definition) is 2. The molecule has 0 fully saturated rings. The molecule has 2 aromatic carbocycles. The third kappa shape index (κ3) is 3.89. The molecule has 27 heavy (non-hydrogen) atoms. The molecular weight excluding hydrogens is 353 g/mol. The molecule has 7 nitrogen and oxygen atoms in total. The zero-order valence-electron chi connectivity index (χ0n) is 15.0. The minimum absolute atomic E-state index is 0.0465. The number of rotatable bonds is 5. The number of carbonyl (C=O) groups is 1. The van der Waals surface area contributed by atoms with Gasteiger partial charge in [0.05, 0.1) is 18.7 Å². The third-order valence-electron chi connectivity index (χ3n) is 3.73. The van der Waals surface area contributed by atoms with E-state index in [1.54, 1.807) is 12.1 Å². The maximum Gasteiger partial charge on any atom is 0.295 e. The normalized spacial score (nSPS) is 11.4. The summed E-state index contributed by atoms with van der Waals surface area (Å²) in [6.45, 7) is 3.76. The molecule has 0 aliphatic rings. The van der Waals surface area contributed by atoms with E-state index >= 15 is 0 Å². The van der Waals surface area contributed by atoms with Crippen LogP contribution in [0.3, 0.4) is 0 Å². The van der Waals surface area contributed by atoms with Gasteiger partial charge in [-0.15, -0.1) is 10.2 Å². The summed E-state index contributed by atoms with van der Waals surface area (Å²) in [7, 11) is 1.47. The summed E-state index contributed by atoms with van der Waals surface area (Å²) in [5.74, 6) is -0.475. The van der Waals surface area contributed by atoms with Crippen molar-refractivity contribution < 1.29 is 23.8 Å². The first-order valence-electron chi connectivity index (χ1n) is 8.20. The number of azo groups is 1. The first-order valence-corrected chi connectivity index (χ1v) is 8.20. The van der Waals surface area contributed by atoms with Crippen LogP contribution in [0.15, 0.2) is 46.6 Å². The van der Waals surface area contributed by atoms with E-state index in [2.05, 4.69) is 15.2 Å². The molecule has 140 valence electrons. The van der Waals surface area contributed by atoms with Crippen LogP contribution in [0, 0.1) is 5.82 Å². The summed E-state index contributed by atoms with van der Waals surface area (Å²) in [6.07, 6.45) is -0.0465. The summed E-state index contributed by atoms with van der Waals surface area (Å²) in [5, 5.41) is 17.9. The predicted molar refractivity (Wildman–Crippen MR) is 97.5 cm³/mol. The standard InChI is InChI=1S/C19H18FN3O4/c1-10(2)27-15-7-4-11(8-16(15)26-3)18(24)23-22-17-13-6-5-12(20)9-14(13)21-19(17)25/h4-10,21,25H,1-3H3. The second-order valence-electron chi connectivity index (χ2n) is 6.05. The van der Waals surface area contributed by atoms with E-state index < -0.39 is 11.7 Å². The molecule has 0 unspecified atom stereocenters. The van der Waals surface area contributed by atoms with Gasteiger partial charge in [0, 0.05) is 10.9 Å². The van der Waals surface area contributed by atoms with Crippen molar-refractivity contribution in [3.8, 4) is 17.4 Å². The average Bonchev–Trinajstić information content (AvgIpc) is 2.93. The van der Waals surface area contributed by atoms with Gasteiger partial charge < -0.3 is 19.6 Å². The zero-order valence-corrected chi connectivity index (χ0v) is 15.0. The van der Waals surface area contributed by atoms with Crippen LogP contribution in [-0.4, -0.2) is 29.2 Å². The molecule has 1 amide bonds. The molecule has 2 N–H and O–H groups in total. The Labute approximate surface area is 154 Å². The maximum absolute atomic E-state index is 13.3. The number of benzene rings is 2. The van der Waals surface area contributed by atoms with Gasteiger partial charge in [-0.3, -0.25) is 4.79 Å². The summed E-state index contributed by atoms with van der Waals surface area (Å²) in [4.78, 5) is 14.9. The number of ether oxygens (including phenoxy) is 2. The smallest absolute Gasteiger partial charge is 0.295 e. The Kier molecular flexibility index (Phi) is 5.07. The topological polar surface area (TPSA) is 96.3 Å². The minimum atomic E-state index is -0.625. The number of nitrogens with one attached hydrogen (secondary N) is 1. The number of hydrogen-bond acceptors (Lipinski definition) is 5. The number of fused-ring (bicyclic) bond motifs is 1. The number of aromatic nitrogens is 1. The number of aromatic amines is 1. The lowest BCUT2D eigenvalue weighted by Crippen LogP contribution is -2.07. The van der Waals surface area contributed by atoms with Crippen molar-refractivity contribution in [2.45, 2.75) is 20.0 Å². The molecular formula is C19H18FN3O4. The Morgan fingerprint density at radius 3 is 2.67 bits per heavy atom. The van der Waals surface area contributed by atoms with Crippen LogP contribution >= 0.6 is 0 Å². The predicted octanol–water partition coefficient (Wildman–Crippen LogP) is 4.73. The third-order valence-corrected chi connectivity index (χ3v) is 3.73. The van der Waals surface area contributed by atoms with Gasteiger partial charge >= 0.3 is 0 Å². The zero-order chi connectivity index (χ0) is 19.6. The van der Waals surface area contributed by atoms with Crippen LogP contribution in [0.4, 0.5) is 10.1 Å². The Bertz CT molecular complexity index is 1030. The van der Waals surface area contributed by atoms with Gasteiger partial charge in [0.2, 0.25) is 5.88 Å². The van der Waals surface area contributed by atoms with Gasteiger partial charge in [-0.25, -0.2) is 4.39 Å². The van der Waals surface area contributed by atoms with Crippen molar-refractivity contribution >= 4 is 22.5 Å². The molecule has 0 spiro atoms. The van der Waals surface area contributed by atoms with Gasteiger partial charge in [-0.2, -0.15) is 0 Å². The van der Waals surface area contributed by atoms with Crippen LogP contribution in [0.5, 0.6) is 17.4 Å². The molecule has 0 radical (unpaired) electrons. The van der Waals surface area contributed by atoms with Gasteiger partial charge in [0.25, 0.3) is 5.91 Å². The number of aromatic hydroxyl groups is 1. The first kappa shape index (κ1) is 18.4. The second-order valence-corrected chi connectivity index (χ2v) is 6.05. The molecule has 0 aliphatic carbocycles. The van der Waals surface area contributed by atoms with Crippen molar-refractivity contribution in [2.24, 2.45) is 10.2 Å². The SMILES string of the molecule is COc1cc(C(=O)N=Nc2c(O)[nH]c3cc(F)ccc23)ccc1OC(C)C. The van der Waals surface area contributed by atoms with Crippen LogP contribution in [-0.2, 0) is 0 Å². The largest absolute Gasteiger partial charge is 0.493 e. The Balaban J connectivity index is 1.88. The molecule has 3 aromatic rings. The Morgan fingerprint density at radius 2 is 1.96 bits per heavy atom. The summed E-state index contributed by atoms with van der Waals surface area (Å²) in [6, 6.07) is 8.56. The molecule has 0 atom stereocenters. The molecule has 0 bridgehead atoms. The first-order chi connectivity index (χ1) is 12.9. The lowest BCUT2D eigenvalue weighted by atomic mass is 10.2. The van der Waals surface area contributed by atoms with Crippen molar-refractivity contribution in [3.05, 3.63) is 47.8 Å². The van der Waals surface area contributed by atoms with Crippen LogP contribution < -0.4 is 9.47 Å². The highest BCUT2D eigenvalue weighted by Crippen LogP contribution is 2.36. The van der Waals surface area contributed by atoms with E-state index in [0.29, 0.717) is 22.4 Å². The second kappa shape index (κ2) is 7.45. The lowest BCUT2D eigenvalue weighted by molar-refractivity contribution is 0.0994. The number of H-pyrrole nitrogens is 1. The Hall–Kier alpha value is -3.42. The summed E-state index contributed by atoms with van der Waals surface area (Å²) in [5.41, 5.74) is 0.660. The highest BCUT2D eigenvalue weighted by atomic mass is 19.1. The fourth-order valence-corrected chi connectivity index (χ4v) is 2.55. The molecule has 8 heteroatoms. The van der Waals surface area contributed by atoms with E-state index in [-0.39, 0.29) is 23.2 Å². The highest BCUT2D eigenvalue weighted by molar-refractivity contribution is 5.97. The van der Waals surface area contributed by atoms with E-state index in [1.165, 1.54) is 31.4 Å². The fraction of sp³-hybridized carbons (Fsp3) is 0.211. The monoisotopic (exact) mass is 371 g/mol. The maximum atomic E-state index is 13.3. The highest BCUT2D eigenvalue weighted by Gasteiger charge is 2.14. The number of methoxy groups -OCH3 is 1. The van der Waals surface area contributed by atoms with Gasteiger partial charge in [-0.1, -0.05) is 0 Å². The van der Waals surface area contributed by atoms with Crippen molar-refractivity contribution in [3.63, 3.8) is 0 Å². The summed E-state index contributed by atoms with van der Waals surface area (Å²) < 4.78 is 24.1. The molecule has 0 saturated heterocycles. The van der Waals surface area contributed by atoms with Crippen molar-refractivity contribution in [1.29, 1.82) is 0 Å². The van der Waals surface area contributed by atoms with Crippen molar-refractivity contribution in [1.82, 2.24) is 4.98 Å². The van der Waals surface area contributed by atoms with Gasteiger partial charge in [0.1, 0.15) is 5.82 Å². The summed E-state index contributed by atoms with van der Waals surface area (Å²) >= 11 is 0. The molecule has 0 aliphatic heterocycles. The minimum Gasteiger partial charge on any atom is -0.493 e. The van der Waals surface area contributed by atoms with Crippen LogP contribution in [0.2, 0.25) is 0 Å². The van der Waals surface area contributed by atoms with E-state index in [1.807, 2.05) is 13.8 Å². The molecule has 1 heterocycles.